The Morgan fingerprint density at radius 1 is 1.31 bits per heavy atom. The maximum atomic E-state index is 12.2. The van der Waals surface area contributed by atoms with E-state index in [9.17, 15) is 24.0 Å². The van der Waals surface area contributed by atoms with Gasteiger partial charge in [0.1, 0.15) is 6.29 Å². The van der Waals surface area contributed by atoms with E-state index in [4.69, 9.17) is 9.39 Å². The summed E-state index contributed by atoms with van der Waals surface area (Å²) in [5.74, 6) is -2.65. The van der Waals surface area contributed by atoms with E-state index in [1.165, 1.54) is 31.3 Å². The highest BCUT2D eigenvalue weighted by Crippen LogP contribution is 2.21. The Labute approximate surface area is 152 Å². The van der Waals surface area contributed by atoms with E-state index >= 15 is 0 Å². The first-order chi connectivity index (χ1) is 12.4. The van der Waals surface area contributed by atoms with Crippen LogP contribution < -0.4 is 4.90 Å². The van der Waals surface area contributed by atoms with Crippen molar-refractivity contribution in [3.8, 4) is 0 Å². The van der Waals surface area contributed by atoms with E-state index in [2.05, 4.69) is 0 Å². The van der Waals surface area contributed by atoms with Gasteiger partial charge in [-0.3, -0.25) is 14.4 Å². The van der Waals surface area contributed by atoms with E-state index in [-0.39, 0.29) is 29.7 Å². The zero-order valence-corrected chi connectivity index (χ0v) is 14.3. The van der Waals surface area contributed by atoms with Crippen LogP contribution in [0, 0.1) is 0 Å². The van der Waals surface area contributed by atoms with Gasteiger partial charge < -0.3 is 14.2 Å². The number of hydrogen-bond donors (Lipinski definition) is 1. The van der Waals surface area contributed by atoms with E-state index in [1.807, 2.05) is 0 Å². The Balaban J connectivity index is 2.07. The highest BCUT2D eigenvalue weighted by atomic mass is 32.2. The van der Waals surface area contributed by atoms with Gasteiger partial charge in [-0.2, -0.15) is 5.06 Å². The van der Waals surface area contributed by atoms with Crippen molar-refractivity contribution in [1.29, 1.82) is 0 Å². The second-order valence-corrected chi connectivity index (χ2v) is 5.97. The molecule has 9 nitrogen and oxygen atoms in total. The summed E-state index contributed by atoms with van der Waals surface area (Å²) >= 11 is 0.216. The molecule has 0 radical (unpaired) electrons. The van der Waals surface area contributed by atoms with Gasteiger partial charge in [0.25, 0.3) is 17.7 Å². The van der Waals surface area contributed by atoms with Gasteiger partial charge >= 0.3 is 5.97 Å². The number of hydroxylamine groups is 2. The Morgan fingerprint density at radius 3 is 2.54 bits per heavy atom. The van der Waals surface area contributed by atoms with Gasteiger partial charge in [0, 0.05) is 19.2 Å². The number of imide groups is 1. The normalized spacial score (nSPS) is 14.3. The fourth-order valence-corrected chi connectivity index (χ4v) is 2.33. The first-order valence-electron chi connectivity index (χ1n) is 7.28. The average molecular weight is 378 g/mol. The Kier molecular flexibility index (Phi) is 6.26. The van der Waals surface area contributed by atoms with Gasteiger partial charge in [0.05, 0.1) is 22.9 Å². The minimum atomic E-state index is -0.966. The summed E-state index contributed by atoms with van der Waals surface area (Å²) in [4.78, 5) is 63.8. The van der Waals surface area contributed by atoms with Crippen LogP contribution in [0.1, 0.15) is 16.8 Å². The fraction of sp³-hybridized carbons (Fsp3) is 0.188. The molecule has 1 aliphatic rings. The molecule has 0 spiro atoms. The van der Waals surface area contributed by atoms with Crippen molar-refractivity contribution < 1.29 is 33.4 Å². The molecule has 3 amide bonds. The lowest BCUT2D eigenvalue weighted by molar-refractivity contribution is -0.161. The molecule has 0 saturated heterocycles. The molecule has 0 saturated carbocycles. The van der Waals surface area contributed by atoms with Crippen LogP contribution >= 0.6 is 12.0 Å². The minimum absolute atomic E-state index is 0.0121. The summed E-state index contributed by atoms with van der Waals surface area (Å²) in [5.41, 5.74) is 0.198. The average Bonchev–Trinajstić information content (AvgIpc) is 2.97. The third kappa shape index (κ3) is 4.35. The molecule has 0 aromatic heterocycles. The van der Waals surface area contributed by atoms with Crippen LogP contribution in [0.5, 0.6) is 0 Å². The Morgan fingerprint density at radius 2 is 1.96 bits per heavy atom. The molecule has 0 aliphatic carbocycles. The van der Waals surface area contributed by atoms with Crippen LogP contribution in [0.2, 0.25) is 0 Å². The topological polar surface area (TPSA) is 121 Å². The molecular weight excluding hydrogens is 364 g/mol. The lowest BCUT2D eigenvalue weighted by atomic mass is 10.2. The fourth-order valence-electron chi connectivity index (χ4n) is 2.07. The second kappa shape index (κ2) is 8.41. The van der Waals surface area contributed by atoms with Crippen LogP contribution in [-0.4, -0.2) is 51.9 Å². The number of rotatable bonds is 6. The largest absolute Gasteiger partial charge is 0.363 e. The number of carbonyl (C=O) groups is 5. The van der Waals surface area contributed by atoms with Crippen LogP contribution in [0.3, 0.4) is 0 Å². The standard InChI is InChI=1S/C16H14N2O7S/c1-17(15(22)8-12(9-19)26-24)25-16(23)10-3-2-4-11(7-10)18-13(20)5-6-14(18)21/h2-7,9,12,24H,8H2,1H3. The van der Waals surface area contributed by atoms with Gasteiger partial charge in [0.2, 0.25) is 0 Å². The molecule has 136 valence electrons. The number of aldehydes is 1. The van der Waals surface area contributed by atoms with Gasteiger partial charge in [0.15, 0.2) is 0 Å². The number of nitrogens with zero attached hydrogens (tertiary/aromatic N) is 2. The molecule has 10 heteroatoms. The van der Waals surface area contributed by atoms with Crippen molar-refractivity contribution in [1.82, 2.24) is 5.06 Å². The molecule has 0 bridgehead atoms. The Bertz CT molecular complexity index is 775. The molecule has 0 fully saturated rings. The summed E-state index contributed by atoms with van der Waals surface area (Å²) in [6, 6.07) is 5.60. The Hall–Kier alpha value is -2.98. The van der Waals surface area contributed by atoms with E-state index in [1.54, 1.807) is 0 Å². The van der Waals surface area contributed by atoms with Gasteiger partial charge in [-0.05, 0) is 30.2 Å². The van der Waals surface area contributed by atoms with Crippen molar-refractivity contribution in [3.05, 3.63) is 42.0 Å². The van der Waals surface area contributed by atoms with Crippen LogP contribution in [-0.2, 0) is 24.0 Å². The maximum absolute atomic E-state index is 12.2. The monoisotopic (exact) mass is 378 g/mol. The SMILES string of the molecule is CN(OC(=O)c1cccc(N2C(=O)C=CC2=O)c1)C(=O)CC(C=O)SO. The number of carbonyl (C=O) groups excluding carboxylic acids is 5. The molecule has 1 N–H and O–H groups in total. The molecular formula is C16H14N2O7S. The summed E-state index contributed by atoms with van der Waals surface area (Å²) in [6.07, 6.45) is 2.28. The first-order valence-corrected chi connectivity index (χ1v) is 8.11. The zero-order valence-electron chi connectivity index (χ0n) is 13.5. The van der Waals surface area contributed by atoms with Crippen molar-refractivity contribution in [2.24, 2.45) is 0 Å². The van der Waals surface area contributed by atoms with Crippen molar-refractivity contribution in [3.63, 3.8) is 0 Å². The summed E-state index contributed by atoms with van der Waals surface area (Å²) in [5, 5.41) is -0.318. The number of benzene rings is 1. The maximum Gasteiger partial charge on any atom is 0.363 e. The molecule has 1 aliphatic heterocycles. The third-order valence-corrected chi connectivity index (χ3v) is 3.93. The molecule has 2 rings (SSSR count). The summed E-state index contributed by atoms with van der Waals surface area (Å²) in [7, 11) is 1.19. The van der Waals surface area contributed by atoms with Gasteiger partial charge in [-0.1, -0.05) is 6.07 Å². The lowest BCUT2D eigenvalue weighted by Gasteiger charge is -2.18. The number of amides is 3. The second-order valence-electron chi connectivity index (χ2n) is 5.15. The van der Waals surface area contributed by atoms with Gasteiger partial charge in [-0.15, -0.1) is 0 Å². The predicted octanol–water partition coefficient (Wildman–Crippen LogP) is 0.810. The predicted molar refractivity (Wildman–Crippen MR) is 90.9 cm³/mol. The highest BCUT2D eigenvalue weighted by Gasteiger charge is 2.26. The quantitative estimate of drug-likeness (QED) is 0.334. The zero-order chi connectivity index (χ0) is 19.3. The molecule has 1 atom stereocenters. The smallest absolute Gasteiger partial charge is 0.333 e. The number of hydrogen-bond acceptors (Lipinski definition) is 8. The van der Waals surface area contributed by atoms with Crippen molar-refractivity contribution >= 4 is 47.7 Å². The van der Waals surface area contributed by atoms with Crippen LogP contribution in [0.4, 0.5) is 5.69 Å². The highest BCUT2D eigenvalue weighted by molar-refractivity contribution is 7.95. The van der Waals surface area contributed by atoms with Crippen LogP contribution in [0.25, 0.3) is 0 Å². The molecule has 26 heavy (non-hydrogen) atoms. The third-order valence-electron chi connectivity index (χ3n) is 3.38. The molecule has 1 unspecified atom stereocenters. The van der Waals surface area contributed by atoms with Gasteiger partial charge in [-0.25, -0.2) is 9.69 Å². The van der Waals surface area contributed by atoms with E-state index in [0.717, 1.165) is 17.1 Å². The van der Waals surface area contributed by atoms with Crippen molar-refractivity contribution in [2.75, 3.05) is 11.9 Å². The molecule has 1 heterocycles. The molecule has 1 aromatic rings. The minimum Gasteiger partial charge on any atom is -0.333 e. The van der Waals surface area contributed by atoms with E-state index in [0.29, 0.717) is 11.3 Å². The van der Waals surface area contributed by atoms with Crippen LogP contribution in [0.15, 0.2) is 36.4 Å². The summed E-state index contributed by atoms with van der Waals surface area (Å²) < 4.78 is 8.84. The first kappa shape index (κ1) is 19.3. The van der Waals surface area contributed by atoms with E-state index < -0.39 is 28.9 Å². The number of anilines is 1. The molecule has 1 aromatic carbocycles. The van der Waals surface area contributed by atoms with Crippen molar-refractivity contribution in [2.45, 2.75) is 11.7 Å². The lowest BCUT2D eigenvalue weighted by Crippen LogP contribution is -2.32. The summed E-state index contributed by atoms with van der Waals surface area (Å²) in [6.45, 7) is 0.